The van der Waals surface area contributed by atoms with Crippen LogP contribution in [0.15, 0.2) is 22.5 Å². The summed E-state index contributed by atoms with van der Waals surface area (Å²) in [6.07, 6.45) is 1.87. The van der Waals surface area contributed by atoms with Crippen LogP contribution >= 0.6 is 46.7 Å². The molecule has 2 heterocycles. The van der Waals surface area contributed by atoms with Crippen molar-refractivity contribution in [2.24, 2.45) is 4.99 Å². The molecule has 2 aromatic rings. The van der Waals surface area contributed by atoms with Crippen LogP contribution in [-0.2, 0) is 15.9 Å². The number of halogens is 1. The molecule has 9 heteroatoms. The van der Waals surface area contributed by atoms with E-state index in [0.717, 1.165) is 49.1 Å². The lowest BCUT2D eigenvalue weighted by Gasteiger charge is -2.10. The van der Waals surface area contributed by atoms with Crippen LogP contribution in [0.4, 0.5) is 0 Å². The molecule has 0 spiro atoms. The first-order valence-corrected chi connectivity index (χ1v) is 11.0. The van der Waals surface area contributed by atoms with Crippen molar-refractivity contribution in [2.45, 2.75) is 26.7 Å². The number of thiazole rings is 1. The van der Waals surface area contributed by atoms with Gasteiger partial charge in [0.05, 0.1) is 28.8 Å². The number of hydrogen-bond acceptors (Lipinski definition) is 6. The molecular weight excluding hydrogens is 507 g/mol. The number of nitrogens with one attached hydrogen (secondary N) is 2. The van der Waals surface area contributed by atoms with Crippen molar-refractivity contribution in [1.29, 1.82) is 0 Å². The summed E-state index contributed by atoms with van der Waals surface area (Å²) in [5.41, 5.74) is 1.09. The first-order chi connectivity index (χ1) is 13.2. The zero-order valence-electron chi connectivity index (χ0n) is 16.8. The molecule has 0 fully saturated rings. The molecular formula is C19H31IN4O2S2. The third kappa shape index (κ3) is 9.64. The first-order valence-electron chi connectivity index (χ1n) is 9.33. The molecule has 0 aliphatic rings. The number of hydrogen-bond donors (Lipinski definition) is 2. The van der Waals surface area contributed by atoms with E-state index in [1.165, 1.54) is 9.75 Å². The molecule has 0 atom stereocenters. The number of nitrogens with zero attached hydrogens (tertiary/aromatic N) is 2. The van der Waals surface area contributed by atoms with Crippen molar-refractivity contribution < 1.29 is 9.47 Å². The molecule has 0 bridgehead atoms. The summed E-state index contributed by atoms with van der Waals surface area (Å²) in [5.74, 6) is 0.862. The molecule has 0 unspecified atom stereocenters. The maximum atomic E-state index is 5.46. The Bertz CT molecular complexity index is 691. The molecule has 158 valence electrons. The fourth-order valence-electron chi connectivity index (χ4n) is 2.37. The SMILES string of the molecule is CCNC(=NCCCOCCOC)NCCc1ccc(-c2csc(C)n2)s1.I. The zero-order chi connectivity index (χ0) is 19.3. The van der Waals surface area contributed by atoms with E-state index in [1.54, 1.807) is 18.4 Å². The number of thiophene rings is 1. The van der Waals surface area contributed by atoms with Crippen LogP contribution in [0.25, 0.3) is 10.6 Å². The smallest absolute Gasteiger partial charge is 0.191 e. The maximum Gasteiger partial charge on any atom is 0.191 e. The summed E-state index contributed by atoms with van der Waals surface area (Å²) in [7, 11) is 1.68. The Morgan fingerprint density at radius 1 is 1.21 bits per heavy atom. The number of rotatable bonds is 12. The highest BCUT2D eigenvalue weighted by Crippen LogP contribution is 2.29. The standard InChI is InChI=1S/C19H30N4O2S2.HI/c1-4-20-19(21-9-5-11-25-13-12-24-3)22-10-8-16-6-7-18(27-16)17-14-26-15(2)23-17;/h6-7,14H,4-5,8-13H2,1-3H3,(H2,20,21,22);1H. The second kappa shape index (κ2) is 15.1. The van der Waals surface area contributed by atoms with E-state index < -0.39 is 0 Å². The molecule has 0 aliphatic heterocycles. The minimum Gasteiger partial charge on any atom is -0.382 e. The number of guanidine groups is 1. The van der Waals surface area contributed by atoms with E-state index in [1.807, 2.05) is 18.3 Å². The summed E-state index contributed by atoms with van der Waals surface area (Å²) in [6.45, 7) is 8.55. The van der Waals surface area contributed by atoms with Crippen molar-refractivity contribution in [2.75, 3.05) is 46.6 Å². The minimum atomic E-state index is 0. The summed E-state index contributed by atoms with van der Waals surface area (Å²) in [4.78, 5) is 11.7. The highest BCUT2D eigenvalue weighted by molar-refractivity contribution is 14.0. The Morgan fingerprint density at radius 3 is 2.79 bits per heavy atom. The van der Waals surface area contributed by atoms with Crippen LogP contribution < -0.4 is 10.6 Å². The monoisotopic (exact) mass is 538 g/mol. The Morgan fingerprint density at radius 2 is 2.07 bits per heavy atom. The predicted octanol–water partition coefficient (Wildman–Crippen LogP) is 3.95. The van der Waals surface area contributed by atoms with Gasteiger partial charge in [0.25, 0.3) is 0 Å². The lowest BCUT2D eigenvalue weighted by atomic mass is 10.3. The molecule has 2 N–H and O–H groups in total. The number of aryl methyl sites for hydroxylation is 1. The van der Waals surface area contributed by atoms with Crippen LogP contribution in [0.2, 0.25) is 0 Å². The van der Waals surface area contributed by atoms with Gasteiger partial charge >= 0.3 is 0 Å². The number of ether oxygens (including phenoxy) is 2. The third-order valence-electron chi connectivity index (χ3n) is 3.69. The summed E-state index contributed by atoms with van der Waals surface area (Å²) >= 11 is 3.51. The molecule has 28 heavy (non-hydrogen) atoms. The van der Waals surface area contributed by atoms with Gasteiger partial charge in [-0.15, -0.1) is 46.7 Å². The second-order valence-corrected chi connectivity index (χ2v) is 8.14. The summed E-state index contributed by atoms with van der Waals surface area (Å²) in [5, 5.41) is 9.92. The first kappa shape index (κ1) is 25.3. The molecule has 0 saturated carbocycles. The van der Waals surface area contributed by atoms with Gasteiger partial charge in [-0.25, -0.2) is 4.98 Å². The van der Waals surface area contributed by atoms with Crippen molar-refractivity contribution >= 4 is 52.6 Å². The topological polar surface area (TPSA) is 67.8 Å². The van der Waals surface area contributed by atoms with Crippen LogP contribution in [0.1, 0.15) is 23.2 Å². The van der Waals surface area contributed by atoms with Gasteiger partial charge < -0.3 is 20.1 Å². The van der Waals surface area contributed by atoms with E-state index in [4.69, 9.17) is 9.47 Å². The van der Waals surface area contributed by atoms with Gasteiger partial charge in [-0.1, -0.05) is 0 Å². The Labute approximate surface area is 193 Å². The number of aliphatic imine (C=N–C) groups is 1. The normalized spacial score (nSPS) is 11.3. The van der Waals surface area contributed by atoms with Crippen LogP contribution in [-0.4, -0.2) is 57.5 Å². The Balaban J connectivity index is 0.00000392. The summed E-state index contributed by atoms with van der Waals surface area (Å²) < 4.78 is 10.4. The molecule has 0 radical (unpaired) electrons. The van der Waals surface area contributed by atoms with E-state index in [-0.39, 0.29) is 24.0 Å². The van der Waals surface area contributed by atoms with E-state index >= 15 is 0 Å². The van der Waals surface area contributed by atoms with E-state index in [2.05, 4.69) is 45.0 Å². The molecule has 2 rings (SSSR count). The maximum absolute atomic E-state index is 5.46. The van der Waals surface area contributed by atoms with Gasteiger partial charge in [0.15, 0.2) is 5.96 Å². The minimum absolute atomic E-state index is 0. The van der Waals surface area contributed by atoms with E-state index in [9.17, 15) is 0 Å². The van der Waals surface area contributed by atoms with Crippen LogP contribution in [0.5, 0.6) is 0 Å². The fraction of sp³-hybridized carbons (Fsp3) is 0.579. The quantitative estimate of drug-likeness (QED) is 0.186. The van der Waals surface area contributed by atoms with Crippen LogP contribution in [0.3, 0.4) is 0 Å². The lowest BCUT2D eigenvalue weighted by molar-refractivity contribution is 0.0702. The molecule has 0 aliphatic carbocycles. The third-order valence-corrected chi connectivity index (χ3v) is 5.63. The summed E-state index contributed by atoms with van der Waals surface area (Å²) in [6, 6.07) is 4.36. The highest BCUT2D eigenvalue weighted by Gasteiger charge is 2.06. The zero-order valence-corrected chi connectivity index (χ0v) is 20.8. The van der Waals surface area contributed by atoms with Crippen LogP contribution in [0, 0.1) is 6.92 Å². The largest absolute Gasteiger partial charge is 0.382 e. The van der Waals surface area contributed by atoms with Crippen molar-refractivity contribution in [3.8, 4) is 10.6 Å². The van der Waals surface area contributed by atoms with Gasteiger partial charge in [-0.3, -0.25) is 4.99 Å². The van der Waals surface area contributed by atoms with Gasteiger partial charge in [0, 0.05) is 43.6 Å². The predicted molar refractivity (Wildman–Crippen MR) is 131 cm³/mol. The van der Waals surface area contributed by atoms with Gasteiger partial charge in [0.1, 0.15) is 0 Å². The Kier molecular flexibility index (Phi) is 13.7. The molecule has 0 amide bonds. The molecule has 0 saturated heterocycles. The van der Waals surface area contributed by atoms with Crippen molar-refractivity contribution in [3.63, 3.8) is 0 Å². The molecule has 6 nitrogen and oxygen atoms in total. The average molecular weight is 539 g/mol. The van der Waals surface area contributed by atoms with Gasteiger partial charge in [-0.05, 0) is 38.8 Å². The second-order valence-electron chi connectivity index (χ2n) is 5.91. The Hall–Kier alpha value is -0.750. The van der Waals surface area contributed by atoms with E-state index in [0.29, 0.717) is 19.8 Å². The van der Waals surface area contributed by atoms with Crippen molar-refractivity contribution in [1.82, 2.24) is 15.6 Å². The number of aromatic nitrogens is 1. The molecule has 0 aromatic carbocycles. The number of methoxy groups -OCH3 is 1. The average Bonchev–Trinajstić information content (AvgIpc) is 3.30. The van der Waals surface area contributed by atoms with Gasteiger partial charge in [-0.2, -0.15) is 0 Å². The lowest BCUT2D eigenvalue weighted by Crippen LogP contribution is -2.38. The van der Waals surface area contributed by atoms with Gasteiger partial charge in [0.2, 0.25) is 0 Å². The van der Waals surface area contributed by atoms with Crippen molar-refractivity contribution in [3.05, 3.63) is 27.4 Å². The highest BCUT2D eigenvalue weighted by atomic mass is 127. The fourth-order valence-corrected chi connectivity index (χ4v) is 4.03. The molecule has 2 aromatic heterocycles.